The molecule has 0 amide bonds. The fraction of sp³-hybridized carbons (Fsp3) is 0.294. The predicted molar refractivity (Wildman–Crippen MR) is 539 cm³/mol. The number of aliphatic hydroxyl groups is 1. The number of ketones is 2. The summed E-state index contributed by atoms with van der Waals surface area (Å²) in [4.78, 5) is 98.1. The van der Waals surface area contributed by atoms with Gasteiger partial charge in [0.05, 0.1) is 87.9 Å². The van der Waals surface area contributed by atoms with Crippen molar-refractivity contribution in [3.8, 4) is 54.8 Å². The third-order valence-corrected chi connectivity index (χ3v) is 28.9. The van der Waals surface area contributed by atoms with Gasteiger partial charge in [-0.1, -0.05) is 70.7 Å². The van der Waals surface area contributed by atoms with Crippen LogP contribution in [0.25, 0.3) is 49.5 Å². The maximum atomic E-state index is 13.4. The van der Waals surface area contributed by atoms with Gasteiger partial charge in [-0.3, -0.25) is 14.4 Å². The lowest BCUT2D eigenvalue weighted by Crippen LogP contribution is -2.41. The molecule has 2 aliphatic heterocycles. The highest BCUT2D eigenvalue weighted by atomic mass is 79.9. The molecule has 3 atom stereocenters. The minimum absolute atomic E-state index is 0.0374. The molecule has 2 aliphatic rings. The molecule has 12 aromatic rings. The fourth-order valence-corrected chi connectivity index (χ4v) is 20.2. The minimum atomic E-state index is -0.832. The van der Waals surface area contributed by atoms with Crippen molar-refractivity contribution in [2.24, 2.45) is 0 Å². The summed E-state index contributed by atoms with van der Waals surface area (Å²) in [5.41, 5.74) is 15.7. The zero-order chi connectivity index (χ0) is 97.7. The van der Waals surface area contributed by atoms with Gasteiger partial charge in [0.15, 0.2) is 11.6 Å². The number of hydrogen-bond donors (Lipinski definition) is 1. The highest BCUT2D eigenvalue weighted by molar-refractivity contribution is 9.11. The van der Waals surface area contributed by atoms with E-state index in [-0.39, 0.29) is 30.1 Å². The molecule has 22 nitrogen and oxygen atoms in total. The van der Waals surface area contributed by atoms with E-state index < -0.39 is 48.4 Å². The van der Waals surface area contributed by atoms with Gasteiger partial charge in [0.2, 0.25) is 23.5 Å². The molecule has 0 radical (unpaired) electrons. The van der Waals surface area contributed by atoms with Gasteiger partial charge in [0, 0.05) is 171 Å². The summed E-state index contributed by atoms with van der Waals surface area (Å²) < 4.78 is 60.9. The SMILES string of the molecule is CCOC(=O)/C=C/c1cc(OC)ncc1-c1sc(C)c(C)c1C(=O)c1ccc(Cl)cc1.CCOC(=O)/C=C/c1cc(OC)ncc1-c1sc(C)c(C)c1C(O)c1ccc(Cl)cc1.CCOC(=O)/C=C/c1cc(OC)ncc1B1OC(C)(C)C(C)(C)O1.CCOC(=O)CC1OC(c2ccc(Cl)cc2)c2c(sc(C)c2C)-c2cnc(OC)cc21.Cc1sc(Br)c(C(=O)c2ccc(Cl)cc2)c1C. The zero-order valence-electron chi connectivity index (χ0n) is 77.9. The number of halogens is 5. The largest absolute Gasteiger partial charge is 0.497 e. The van der Waals surface area contributed by atoms with E-state index in [0.717, 1.165) is 116 Å². The number of benzene rings is 4. The summed E-state index contributed by atoms with van der Waals surface area (Å²) in [7, 11) is 5.60. The van der Waals surface area contributed by atoms with E-state index in [2.05, 4.69) is 49.7 Å². The highest BCUT2D eigenvalue weighted by Crippen LogP contribution is 2.52. The van der Waals surface area contributed by atoms with Gasteiger partial charge in [-0.15, -0.1) is 45.3 Å². The van der Waals surface area contributed by atoms with Gasteiger partial charge < -0.3 is 57.0 Å². The number of nitrogens with zero attached hydrogens (tertiary/aromatic N) is 4. The molecule has 0 aliphatic carbocycles. The van der Waals surface area contributed by atoms with Gasteiger partial charge in [0.25, 0.3) is 0 Å². The summed E-state index contributed by atoms with van der Waals surface area (Å²) in [6.07, 6.45) is 14.3. The Hall–Kier alpha value is -10.5. The molecule has 134 heavy (non-hydrogen) atoms. The molecule has 0 bridgehead atoms. The Morgan fingerprint density at radius 1 is 0.470 bits per heavy atom. The third-order valence-electron chi connectivity index (χ3n) is 22.3. The van der Waals surface area contributed by atoms with Gasteiger partial charge in [-0.05, 0) is 273 Å². The molecule has 1 fully saturated rings. The second kappa shape index (κ2) is 48.3. The van der Waals surface area contributed by atoms with Crippen LogP contribution >= 0.6 is 108 Å². The van der Waals surface area contributed by atoms with Crippen LogP contribution in [-0.2, 0) is 52.2 Å². The molecule has 0 saturated carbocycles. The van der Waals surface area contributed by atoms with Crippen molar-refractivity contribution in [2.75, 3.05) is 54.9 Å². The molecule has 702 valence electrons. The van der Waals surface area contributed by atoms with Crippen molar-refractivity contribution in [3.05, 3.63) is 297 Å². The first-order chi connectivity index (χ1) is 63.8. The van der Waals surface area contributed by atoms with Crippen LogP contribution in [0, 0.1) is 55.4 Å². The molecule has 1 N–H and O–H groups in total. The number of ether oxygens (including phenoxy) is 9. The Morgan fingerprint density at radius 3 is 1.31 bits per heavy atom. The Kier molecular flexibility index (Phi) is 38.0. The van der Waals surface area contributed by atoms with E-state index in [1.165, 1.54) is 61.3 Å². The molecule has 10 heterocycles. The lowest BCUT2D eigenvalue weighted by atomic mass is 9.77. The number of carbonyl (C=O) groups excluding carboxylic acids is 6. The Labute approximate surface area is 826 Å². The number of rotatable bonds is 26. The Morgan fingerprint density at radius 2 is 0.851 bits per heavy atom. The Bertz CT molecular complexity index is 6300. The molecule has 8 aromatic heterocycles. The van der Waals surface area contributed by atoms with Crippen LogP contribution in [0.5, 0.6) is 23.5 Å². The fourth-order valence-electron chi connectivity index (χ4n) is 14.0. The number of aryl methyl sites for hydroxylation is 4. The topological polar surface area (TPSA) is 276 Å². The number of methoxy groups -OCH3 is 4. The first-order valence-corrected chi connectivity index (χ1v) is 48.1. The van der Waals surface area contributed by atoms with Gasteiger partial charge in [-0.2, -0.15) is 0 Å². The summed E-state index contributed by atoms with van der Waals surface area (Å²) in [5, 5.41) is 13.7. The molecule has 0 spiro atoms. The second-order valence-corrected chi connectivity index (χ2v) is 39.3. The highest BCUT2D eigenvalue weighted by Gasteiger charge is 2.52. The van der Waals surface area contributed by atoms with Crippen molar-refractivity contribution in [1.82, 2.24) is 19.9 Å². The van der Waals surface area contributed by atoms with E-state index in [9.17, 15) is 33.9 Å². The number of pyridine rings is 4. The lowest BCUT2D eigenvalue weighted by molar-refractivity contribution is -0.147. The van der Waals surface area contributed by atoms with Crippen molar-refractivity contribution in [1.29, 1.82) is 0 Å². The monoisotopic (exact) mass is 2030 g/mol. The number of aliphatic hydroxyl groups excluding tert-OH is 1. The summed E-state index contributed by atoms with van der Waals surface area (Å²) in [6.45, 7) is 32.4. The van der Waals surface area contributed by atoms with E-state index >= 15 is 0 Å². The van der Waals surface area contributed by atoms with Crippen LogP contribution in [-0.4, -0.2) is 134 Å². The number of fused-ring (bicyclic) bond motifs is 3. The summed E-state index contributed by atoms with van der Waals surface area (Å²) in [5.74, 6) is 0.117. The van der Waals surface area contributed by atoms with E-state index in [4.69, 9.17) is 98.3 Å². The normalized spacial score (nSPS) is 14.1. The van der Waals surface area contributed by atoms with Gasteiger partial charge in [0.1, 0.15) is 12.2 Å². The first kappa shape index (κ1) is 106. The van der Waals surface area contributed by atoms with E-state index in [0.29, 0.717) is 92.3 Å². The average Bonchev–Trinajstić information content (AvgIpc) is 1.56. The maximum absolute atomic E-state index is 13.4. The van der Waals surface area contributed by atoms with Crippen LogP contribution in [0.2, 0.25) is 20.1 Å². The molecule has 1 saturated heterocycles. The van der Waals surface area contributed by atoms with Crippen molar-refractivity contribution in [2.45, 2.75) is 147 Å². The third kappa shape index (κ3) is 26.2. The Balaban J connectivity index is 0.000000176. The van der Waals surface area contributed by atoms with E-state index in [1.54, 1.807) is 184 Å². The van der Waals surface area contributed by atoms with Crippen LogP contribution in [0.15, 0.2) is 168 Å². The number of thiophene rings is 4. The predicted octanol–water partition coefficient (Wildman–Crippen LogP) is 24.8. The van der Waals surface area contributed by atoms with Crippen LogP contribution < -0.4 is 24.4 Å². The maximum Gasteiger partial charge on any atom is 0.497 e. The second-order valence-electron chi connectivity index (χ2n) is 31.3. The standard InChI is InChI=1S/2C24H24ClNO4S.C24H22ClNO4S.C17H24BNO5.C13H10BrClOS/c1-5-29-21(27)11-19-17-10-20(28-4)26-12-18(17)24-22(13(2)14(3)31-24)23(30-19)15-6-8-16(25)9-7-15;2*1-5-30-21(27)11-8-17-12-20(29-4)26-13-19(17)24-22(14(2)15(3)31-24)23(28)16-6-9-18(25)10-7-16;1-7-22-15(20)9-8-12-10-14(21-6)19-11-13(12)18-23-16(2,3)17(4,5)24-18;1-7-8(2)17-13(14)11(7)12(16)9-3-5-10(15)6-4-9/h6-10,12,19,23H,5,11H2,1-4H3;6-13,23,28H,5H2,1-4H3;6-13H,5H2,1-4H3;8-11H,7H2,1-6H3;3-6H,1-2H3/b;2*11-8+;9-8+;. The van der Waals surface area contributed by atoms with E-state index in [1.807, 2.05) is 118 Å². The van der Waals surface area contributed by atoms with Gasteiger partial charge >= 0.3 is 31.0 Å². The molecule has 14 rings (SSSR count). The van der Waals surface area contributed by atoms with Gasteiger partial charge in [-0.25, -0.2) is 34.3 Å². The lowest BCUT2D eigenvalue weighted by Gasteiger charge is -2.32. The number of esters is 4. The van der Waals surface area contributed by atoms with Crippen LogP contribution in [0.1, 0.15) is 198 Å². The van der Waals surface area contributed by atoms with Crippen molar-refractivity contribution < 1.29 is 85.8 Å². The molecule has 4 aromatic carbocycles. The molecular weight excluding hydrogens is 1930 g/mol. The minimum Gasteiger partial charge on any atom is -0.481 e. The smallest absolute Gasteiger partial charge is 0.481 e. The average molecular weight is 2030 g/mol. The summed E-state index contributed by atoms with van der Waals surface area (Å²) >= 11 is 33.8. The first-order valence-electron chi connectivity index (χ1n) is 42.6. The quantitative estimate of drug-likeness (QED) is 0.0173. The van der Waals surface area contributed by atoms with Crippen molar-refractivity contribution in [3.63, 3.8) is 0 Å². The summed E-state index contributed by atoms with van der Waals surface area (Å²) in [6, 6.07) is 35.7. The van der Waals surface area contributed by atoms with Crippen LogP contribution in [0.4, 0.5) is 0 Å². The molecular formula is C102H104BBrCl4N4O18S4. The van der Waals surface area contributed by atoms with Crippen molar-refractivity contribution >= 4 is 174 Å². The zero-order valence-corrected chi connectivity index (χ0v) is 85.7. The molecule has 32 heteroatoms. The number of hydrogen-bond acceptors (Lipinski definition) is 26. The number of carbonyl (C=O) groups is 6. The van der Waals surface area contributed by atoms with Crippen LogP contribution in [0.3, 0.4) is 0 Å². The molecule has 3 unspecified atom stereocenters. The number of aromatic nitrogens is 4.